The highest BCUT2D eigenvalue weighted by Gasteiger charge is 2.12. The van der Waals surface area contributed by atoms with E-state index in [4.69, 9.17) is 0 Å². The molecule has 0 spiro atoms. The van der Waals surface area contributed by atoms with Crippen LogP contribution in [0.4, 0.5) is 0 Å². The van der Waals surface area contributed by atoms with Crippen molar-refractivity contribution in [2.45, 2.75) is 46.2 Å². The maximum atomic E-state index is 4.35. The van der Waals surface area contributed by atoms with Gasteiger partial charge in [-0.05, 0) is 40.9 Å². The first-order valence-electron chi connectivity index (χ1n) is 6.01. The zero-order valence-electron chi connectivity index (χ0n) is 10.3. The van der Waals surface area contributed by atoms with Gasteiger partial charge in [0.15, 0.2) is 0 Å². The second kappa shape index (κ2) is 7.02. The molecule has 1 heterocycles. The van der Waals surface area contributed by atoms with Crippen LogP contribution < -0.4 is 5.32 Å². The molecular weight excluding hydrogens is 264 g/mol. The van der Waals surface area contributed by atoms with Gasteiger partial charge in [-0.3, -0.25) is 4.98 Å². The van der Waals surface area contributed by atoms with Gasteiger partial charge in [-0.2, -0.15) is 0 Å². The van der Waals surface area contributed by atoms with Crippen LogP contribution in [0.5, 0.6) is 0 Å². The second-order valence-corrected chi connectivity index (χ2v) is 5.13. The van der Waals surface area contributed by atoms with Gasteiger partial charge in [0.05, 0.1) is 5.69 Å². The van der Waals surface area contributed by atoms with Gasteiger partial charge in [-0.25, -0.2) is 0 Å². The fraction of sp³-hybridized carbons (Fsp3) is 0.615. The number of aromatic nitrogens is 1. The molecule has 0 fully saturated rings. The summed E-state index contributed by atoms with van der Waals surface area (Å²) >= 11 is 3.39. The molecular formula is C13H21BrN2. The number of rotatable bonds is 6. The Morgan fingerprint density at radius 1 is 1.31 bits per heavy atom. The third-order valence-corrected chi connectivity index (χ3v) is 3.62. The Hall–Kier alpha value is -0.410. The van der Waals surface area contributed by atoms with Crippen LogP contribution in [0.2, 0.25) is 0 Å². The molecule has 0 aliphatic rings. The molecule has 3 heteroatoms. The lowest BCUT2D eigenvalue weighted by atomic mass is 9.95. The summed E-state index contributed by atoms with van der Waals surface area (Å²) in [5.74, 6) is 0.760. The first-order valence-corrected chi connectivity index (χ1v) is 6.80. The fourth-order valence-corrected chi connectivity index (χ4v) is 2.17. The molecule has 0 amide bonds. The summed E-state index contributed by atoms with van der Waals surface area (Å²) in [4.78, 5) is 4.35. The Morgan fingerprint density at radius 2 is 2.00 bits per heavy atom. The third kappa shape index (κ3) is 4.22. The Labute approximate surface area is 107 Å². The lowest BCUT2D eigenvalue weighted by molar-refractivity contribution is 0.352. The summed E-state index contributed by atoms with van der Waals surface area (Å²) in [6.45, 7) is 7.62. The molecule has 1 rings (SSSR count). The summed E-state index contributed by atoms with van der Waals surface area (Å²) in [6.07, 6.45) is 4.32. The highest BCUT2D eigenvalue weighted by Crippen LogP contribution is 2.13. The minimum Gasteiger partial charge on any atom is -0.308 e. The lowest BCUT2D eigenvalue weighted by Crippen LogP contribution is -2.32. The molecule has 1 N–H and O–H groups in total. The van der Waals surface area contributed by atoms with Crippen molar-refractivity contribution in [2.75, 3.05) is 0 Å². The van der Waals surface area contributed by atoms with E-state index >= 15 is 0 Å². The summed E-state index contributed by atoms with van der Waals surface area (Å²) in [5, 5.41) is 3.54. The van der Waals surface area contributed by atoms with Crippen LogP contribution in [-0.4, -0.2) is 11.0 Å². The highest BCUT2D eigenvalue weighted by atomic mass is 79.9. The Kier molecular flexibility index (Phi) is 5.99. The Balaban J connectivity index is 2.42. The van der Waals surface area contributed by atoms with E-state index in [1.807, 2.05) is 12.3 Å². The van der Waals surface area contributed by atoms with Crippen molar-refractivity contribution in [3.05, 3.63) is 28.5 Å². The van der Waals surface area contributed by atoms with Crippen LogP contribution in [0.3, 0.4) is 0 Å². The monoisotopic (exact) mass is 284 g/mol. The van der Waals surface area contributed by atoms with E-state index < -0.39 is 0 Å². The number of pyridine rings is 1. The van der Waals surface area contributed by atoms with E-state index in [2.05, 4.69) is 53.1 Å². The first-order chi connectivity index (χ1) is 7.67. The van der Waals surface area contributed by atoms with Gasteiger partial charge in [-0.15, -0.1) is 0 Å². The van der Waals surface area contributed by atoms with Crippen molar-refractivity contribution in [1.29, 1.82) is 0 Å². The smallest absolute Gasteiger partial charge is 0.0542 e. The molecule has 0 radical (unpaired) electrons. The molecule has 0 saturated carbocycles. The minimum atomic E-state index is 0.556. The summed E-state index contributed by atoms with van der Waals surface area (Å²) < 4.78 is 1.03. The van der Waals surface area contributed by atoms with Gasteiger partial charge in [0, 0.05) is 23.3 Å². The van der Waals surface area contributed by atoms with Crippen molar-refractivity contribution >= 4 is 15.9 Å². The number of hydrogen-bond acceptors (Lipinski definition) is 2. The third-order valence-electron chi connectivity index (χ3n) is 3.15. The van der Waals surface area contributed by atoms with Crippen molar-refractivity contribution < 1.29 is 0 Å². The lowest BCUT2D eigenvalue weighted by Gasteiger charge is -2.22. The standard InChI is InChI=1S/C13H21BrN2/c1-4-11(5-2)10(3)15-9-13-7-6-12(14)8-16-13/h6-8,10-11,15H,4-5,9H2,1-3H3. The molecule has 1 unspecified atom stereocenters. The van der Waals surface area contributed by atoms with Gasteiger partial charge < -0.3 is 5.32 Å². The van der Waals surface area contributed by atoms with Gasteiger partial charge in [0.25, 0.3) is 0 Å². The second-order valence-electron chi connectivity index (χ2n) is 4.21. The van der Waals surface area contributed by atoms with E-state index in [-0.39, 0.29) is 0 Å². The van der Waals surface area contributed by atoms with Crippen molar-refractivity contribution in [3.63, 3.8) is 0 Å². The topological polar surface area (TPSA) is 24.9 Å². The number of halogens is 1. The van der Waals surface area contributed by atoms with Crippen LogP contribution in [0.25, 0.3) is 0 Å². The summed E-state index contributed by atoms with van der Waals surface area (Å²) in [5.41, 5.74) is 1.10. The average molecular weight is 285 g/mol. The molecule has 0 bridgehead atoms. The molecule has 90 valence electrons. The van der Waals surface area contributed by atoms with Crippen LogP contribution >= 0.6 is 15.9 Å². The van der Waals surface area contributed by atoms with E-state index in [1.165, 1.54) is 12.8 Å². The molecule has 2 nitrogen and oxygen atoms in total. The number of nitrogens with zero attached hydrogens (tertiary/aromatic N) is 1. The fourth-order valence-electron chi connectivity index (χ4n) is 1.94. The van der Waals surface area contributed by atoms with Crippen LogP contribution in [0, 0.1) is 5.92 Å². The van der Waals surface area contributed by atoms with E-state index in [9.17, 15) is 0 Å². The SMILES string of the molecule is CCC(CC)C(C)NCc1ccc(Br)cn1. The zero-order chi connectivity index (χ0) is 12.0. The largest absolute Gasteiger partial charge is 0.308 e. The minimum absolute atomic E-state index is 0.556. The highest BCUT2D eigenvalue weighted by molar-refractivity contribution is 9.10. The van der Waals surface area contributed by atoms with Gasteiger partial charge in [-0.1, -0.05) is 26.7 Å². The number of hydrogen-bond donors (Lipinski definition) is 1. The summed E-state index contributed by atoms with van der Waals surface area (Å²) in [6, 6.07) is 4.64. The molecule has 16 heavy (non-hydrogen) atoms. The average Bonchev–Trinajstić information content (AvgIpc) is 2.30. The molecule has 0 saturated heterocycles. The van der Waals surface area contributed by atoms with Crippen molar-refractivity contribution in [2.24, 2.45) is 5.92 Å². The predicted octanol–water partition coefficient (Wildman–Crippen LogP) is 3.76. The molecule has 0 aromatic carbocycles. The quantitative estimate of drug-likeness (QED) is 0.861. The van der Waals surface area contributed by atoms with Gasteiger partial charge in [0.1, 0.15) is 0 Å². The maximum absolute atomic E-state index is 4.35. The molecule has 1 aromatic heterocycles. The van der Waals surface area contributed by atoms with E-state index in [0.717, 1.165) is 22.6 Å². The van der Waals surface area contributed by atoms with Gasteiger partial charge >= 0.3 is 0 Å². The normalized spacial score (nSPS) is 13.1. The van der Waals surface area contributed by atoms with Crippen LogP contribution in [0.1, 0.15) is 39.3 Å². The van der Waals surface area contributed by atoms with Gasteiger partial charge in [0.2, 0.25) is 0 Å². The molecule has 1 aromatic rings. The summed E-state index contributed by atoms with van der Waals surface area (Å²) in [7, 11) is 0. The van der Waals surface area contributed by atoms with Crippen LogP contribution in [-0.2, 0) is 6.54 Å². The van der Waals surface area contributed by atoms with E-state index in [1.54, 1.807) is 0 Å². The Morgan fingerprint density at radius 3 is 2.50 bits per heavy atom. The van der Waals surface area contributed by atoms with Crippen molar-refractivity contribution in [3.8, 4) is 0 Å². The first kappa shape index (κ1) is 13.7. The predicted molar refractivity (Wildman–Crippen MR) is 72.3 cm³/mol. The van der Waals surface area contributed by atoms with Crippen molar-refractivity contribution in [1.82, 2.24) is 10.3 Å². The maximum Gasteiger partial charge on any atom is 0.0542 e. The number of nitrogens with one attached hydrogen (secondary N) is 1. The molecule has 0 aliphatic heterocycles. The molecule has 0 aliphatic carbocycles. The Bertz CT molecular complexity index is 293. The van der Waals surface area contributed by atoms with E-state index in [0.29, 0.717) is 6.04 Å². The zero-order valence-corrected chi connectivity index (χ0v) is 11.9. The van der Waals surface area contributed by atoms with Crippen LogP contribution in [0.15, 0.2) is 22.8 Å². The molecule has 1 atom stereocenters.